The number of nitrogens with one attached hydrogen (secondary N) is 1. The number of carbonyl (C=O) groups is 1. The molecule has 0 aliphatic heterocycles. The first-order valence-electron chi connectivity index (χ1n) is 7.09. The molecule has 1 amide bonds. The van der Waals surface area contributed by atoms with Crippen molar-refractivity contribution in [2.24, 2.45) is 0 Å². The van der Waals surface area contributed by atoms with Gasteiger partial charge in [-0.25, -0.2) is 0 Å². The van der Waals surface area contributed by atoms with E-state index in [1.807, 2.05) is 20.8 Å². The van der Waals surface area contributed by atoms with Gasteiger partial charge in [-0.05, 0) is 57.2 Å². The number of aromatic hydroxyl groups is 1. The molecule has 0 aliphatic rings. The maximum Gasteiger partial charge on any atom is 0.259 e. The minimum Gasteiger partial charge on any atom is -0.505 e. The highest BCUT2D eigenvalue weighted by molar-refractivity contribution is 9.10. The standard InChI is InChI=1S/C17H20BrN3O2/c1-17(2,3)9-6-11(15(22)13(20)7-9)16(23)21-14-5-4-10(19)8-12(14)18/h4-8,22H,19-20H2,1-3H3,(H,21,23). The van der Waals surface area contributed by atoms with E-state index in [9.17, 15) is 9.90 Å². The van der Waals surface area contributed by atoms with Crippen LogP contribution in [0.4, 0.5) is 17.1 Å². The first kappa shape index (κ1) is 17.1. The second-order valence-corrected chi connectivity index (χ2v) is 7.26. The summed E-state index contributed by atoms with van der Waals surface area (Å²) in [6, 6.07) is 8.40. The summed E-state index contributed by atoms with van der Waals surface area (Å²) in [5.41, 5.74) is 13.7. The molecule has 0 heterocycles. The van der Waals surface area contributed by atoms with Crippen molar-refractivity contribution < 1.29 is 9.90 Å². The average molecular weight is 378 g/mol. The highest BCUT2D eigenvalue weighted by Gasteiger charge is 2.21. The molecule has 0 radical (unpaired) electrons. The van der Waals surface area contributed by atoms with Crippen molar-refractivity contribution in [3.05, 3.63) is 45.9 Å². The predicted octanol–water partition coefficient (Wildman–Crippen LogP) is 3.87. The molecule has 0 saturated carbocycles. The zero-order chi connectivity index (χ0) is 17.4. The number of amides is 1. The first-order chi connectivity index (χ1) is 10.6. The van der Waals surface area contributed by atoms with Crippen molar-refractivity contribution in [3.8, 4) is 5.75 Å². The van der Waals surface area contributed by atoms with Crippen LogP contribution in [0.5, 0.6) is 5.75 Å². The zero-order valence-electron chi connectivity index (χ0n) is 13.3. The van der Waals surface area contributed by atoms with Crippen molar-refractivity contribution in [3.63, 3.8) is 0 Å². The second kappa shape index (κ2) is 6.12. The van der Waals surface area contributed by atoms with E-state index in [-0.39, 0.29) is 22.4 Å². The molecular weight excluding hydrogens is 358 g/mol. The fourth-order valence-corrected chi connectivity index (χ4v) is 2.58. The highest BCUT2D eigenvalue weighted by Crippen LogP contribution is 2.33. The average Bonchev–Trinajstić information content (AvgIpc) is 2.43. The normalized spacial score (nSPS) is 11.3. The number of phenols is 1. The van der Waals surface area contributed by atoms with Crippen LogP contribution in [-0.2, 0) is 5.41 Å². The van der Waals surface area contributed by atoms with E-state index in [4.69, 9.17) is 11.5 Å². The van der Waals surface area contributed by atoms with Crippen LogP contribution in [0.3, 0.4) is 0 Å². The topological polar surface area (TPSA) is 101 Å². The van der Waals surface area contributed by atoms with Crippen LogP contribution in [0.1, 0.15) is 36.7 Å². The summed E-state index contributed by atoms with van der Waals surface area (Å²) in [4.78, 5) is 12.5. The molecule has 2 aromatic rings. The molecule has 0 aromatic heterocycles. The van der Waals surface area contributed by atoms with Crippen molar-refractivity contribution in [1.29, 1.82) is 0 Å². The number of hydrogen-bond donors (Lipinski definition) is 4. The van der Waals surface area contributed by atoms with E-state index < -0.39 is 5.91 Å². The van der Waals surface area contributed by atoms with E-state index in [1.165, 1.54) is 0 Å². The Morgan fingerprint density at radius 2 is 1.83 bits per heavy atom. The Labute approximate surface area is 143 Å². The van der Waals surface area contributed by atoms with Gasteiger partial charge in [0.25, 0.3) is 5.91 Å². The fourth-order valence-electron chi connectivity index (χ4n) is 2.09. The Morgan fingerprint density at radius 1 is 1.17 bits per heavy atom. The van der Waals surface area contributed by atoms with E-state index in [0.29, 0.717) is 15.8 Å². The minimum absolute atomic E-state index is 0.138. The van der Waals surface area contributed by atoms with Gasteiger partial charge in [-0.1, -0.05) is 20.8 Å². The number of carbonyl (C=O) groups excluding carboxylic acids is 1. The van der Waals surface area contributed by atoms with Crippen LogP contribution in [0.15, 0.2) is 34.8 Å². The van der Waals surface area contributed by atoms with Crippen LogP contribution in [0.2, 0.25) is 0 Å². The van der Waals surface area contributed by atoms with Gasteiger partial charge in [0, 0.05) is 10.2 Å². The summed E-state index contributed by atoms with van der Waals surface area (Å²) in [6.07, 6.45) is 0. The maximum atomic E-state index is 12.5. The minimum atomic E-state index is -0.439. The third-order valence-corrected chi connectivity index (χ3v) is 4.15. The number of benzene rings is 2. The molecule has 5 nitrogen and oxygen atoms in total. The lowest BCUT2D eigenvalue weighted by Crippen LogP contribution is -2.17. The Morgan fingerprint density at radius 3 is 2.39 bits per heavy atom. The number of rotatable bonds is 2. The first-order valence-corrected chi connectivity index (χ1v) is 7.88. The SMILES string of the molecule is CC(C)(C)c1cc(N)c(O)c(C(=O)Nc2ccc(N)cc2Br)c1. The number of nitrogens with two attached hydrogens (primary N) is 2. The smallest absolute Gasteiger partial charge is 0.259 e. The number of nitrogen functional groups attached to an aromatic ring is 2. The third kappa shape index (κ3) is 3.76. The van der Waals surface area contributed by atoms with Gasteiger partial charge in [0.05, 0.1) is 16.9 Å². The van der Waals surface area contributed by atoms with Crippen LogP contribution in [0, 0.1) is 0 Å². The molecule has 0 unspecified atom stereocenters. The monoisotopic (exact) mass is 377 g/mol. The summed E-state index contributed by atoms with van der Waals surface area (Å²) in [5, 5.41) is 12.9. The van der Waals surface area contributed by atoms with Gasteiger partial charge < -0.3 is 21.9 Å². The van der Waals surface area contributed by atoms with Crippen molar-refractivity contribution in [1.82, 2.24) is 0 Å². The third-order valence-electron chi connectivity index (χ3n) is 3.49. The number of anilines is 3. The van der Waals surface area contributed by atoms with Gasteiger partial charge in [-0.3, -0.25) is 4.79 Å². The summed E-state index contributed by atoms with van der Waals surface area (Å²) in [5.74, 6) is -0.659. The summed E-state index contributed by atoms with van der Waals surface area (Å²) < 4.78 is 0.658. The van der Waals surface area contributed by atoms with Gasteiger partial charge in [0.15, 0.2) is 5.75 Å². The lowest BCUT2D eigenvalue weighted by atomic mass is 9.85. The summed E-state index contributed by atoms with van der Waals surface area (Å²) >= 11 is 3.35. The fraction of sp³-hybridized carbons (Fsp3) is 0.235. The molecule has 23 heavy (non-hydrogen) atoms. The van der Waals surface area contributed by atoms with Crippen LogP contribution < -0.4 is 16.8 Å². The zero-order valence-corrected chi connectivity index (χ0v) is 14.9. The lowest BCUT2D eigenvalue weighted by Gasteiger charge is -2.21. The summed E-state index contributed by atoms with van der Waals surface area (Å²) in [6.45, 7) is 6.03. The van der Waals surface area contributed by atoms with Gasteiger partial charge in [-0.15, -0.1) is 0 Å². The van der Waals surface area contributed by atoms with Gasteiger partial charge in [0.1, 0.15) is 0 Å². The van der Waals surface area contributed by atoms with Gasteiger partial charge in [-0.2, -0.15) is 0 Å². The van der Waals surface area contributed by atoms with Crippen molar-refractivity contribution >= 4 is 38.9 Å². The molecule has 6 heteroatoms. The Balaban J connectivity index is 2.41. The molecule has 0 fully saturated rings. The molecule has 0 saturated heterocycles. The van der Waals surface area contributed by atoms with Gasteiger partial charge >= 0.3 is 0 Å². The molecule has 0 bridgehead atoms. The number of phenolic OH excluding ortho intramolecular Hbond substituents is 1. The van der Waals surface area contributed by atoms with Crippen LogP contribution >= 0.6 is 15.9 Å². The van der Waals surface area contributed by atoms with Crippen molar-refractivity contribution in [2.45, 2.75) is 26.2 Å². The van der Waals surface area contributed by atoms with Gasteiger partial charge in [0.2, 0.25) is 0 Å². The molecule has 0 atom stereocenters. The van der Waals surface area contributed by atoms with Crippen molar-refractivity contribution in [2.75, 3.05) is 16.8 Å². The second-order valence-electron chi connectivity index (χ2n) is 6.41. The Bertz CT molecular complexity index is 767. The largest absolute Gasteiger partial charge is 0.505 e. The van der Waals surface area contributed by atoms with E-state index in [1.54, 1.807) is 30.3 Å². The Hall–Kier alpha value is -2.21. The molecule has 0 spiro atoms. The van der Waals surface area contributed by atoms with Crippen LogP contribution in [0.25, 0.3) is 0 Å². The number of hydrogen-bond acceptors (Lipinski definition) is 4. The lowest BCUT2D eigenvalue weighted by molar-refractivity contribution is 0.102. The quantitative estimate of drug-likeness (QED) is 0.471. The van der Waals surface area contributed by atoms with E-state index in [2.05, 4.69) is 21.2 Å². The molecule has 0 aliphatic carbocycles. The summed E-state index contributed by atoms with van der Waals surface area (Å²) in [7, 11) is 0. The molecule has 2 aromatic carbocycles. The molecule has 2 rings (SSSR count). The van der Waals surface area contributed by atoms with Crippen LogP contribution in [-0.4, -0.2) is 11.0 Å². The Kier molecular flexibility index (Phi) is 4.56. The molecular formula is C17H20BrN3O2. The molecule has 122 valence electrons. The van der Waals surface area contributed by atoms with E-state index in [0.717, 1.165) is 5.56 Å². The maximum absolute atomic E-state index is 12.5. The highest BCUT2D eigenvalue weighted by atomic mass is 79.9. The number of halogens is 1. The van der Waals surface area contributed by atoms with E-state index >= 15 is 0 Å². The molecule has 6 N–H and O–H groups in total. The predicted molar refractivity (Wildman–Crippen MR) is 97.7 cm³/mol.